The lowest BCUT2D eigenvalue weighted by Gasteiger charge is -2.14. The van der Waals surface area contributed by atoms with E-state index >= 15 is 0 Å². The van der Waals surface area contributed by atoms with Gasteiger partial charge in [-0.1, -0.05) is 36.7 Å². The molecule has 0 heterocycles. The molecule has 17 heavy (non-hydrogen) atoms. The number of hydrogen-bond acceptors (Lipinski definition) is 2. The zero-order chi connectivity index (χ0) is 13.0. The summed E-state index contributed by atoms with van der Waals surface area (Å²) in [7, 11) is -0.996. The normalized spacial score (nSPS) is 14.9. The van der Waals surface area contributed by atoms with E-state index in [1.165, 1.54) is 0 Å². The van der Waals surface area contributed by atoms with Gasteiger partial charge in [0.15, 0.2) is 0 Å². The number of halogens is 1. The molecule has 0 radical (unpaired) electrons. The summed E-state index contributed by atoms with van der Waals surface area (Å²) in [6.07, 6.45) is 1.10. The molecule has 2 N–H and O–H groups in total. The van der Waals surface area contributed by atoms with Gasteiger partial charge in [-0.05, 0) is 36.5 Å². The van der Waals surface area contributed by atoms with Crippen molar-refractivity contribution in [3.05, 3.63) is 22.7 Å². The van der Waals surface area contributed by atoms with E-state index in [-0.39, 0.29) is 0 Å². The smallest absolute Gasteiger partial charge is 0.0618 e. The zero-order valence-electron chi connectivity index (χ0n) is 10.6. The summed E-state index contributed by atoms with van der Waals surface area (Å²) in [4.78, 5) is 0.754. The van der Waals surface area contributed by atoms with Gasteiger partial charge in [0, 0.05) is 15.9 Å². The Labute approximate surface area is 115 Å². The fourth-order valence-electron chi connectivity index (χ4n) is 1.95. The van der Waals surface area contributed by atoms with Crippen LogP contribution in [0.4, 0.5) is 5.69 Å². The molecule has 0 aliphatic carbocycles. The van der Waals surface area contributed by atoms with Gasteiger partial charge in [0.2, 0.25) is 0 Å². The standard InChI is InChI=1S/C13H20BrNOS/c1-9(2)6-10(3)8-17(16)13-5-4-11(14)7-12(13)15/h4-5,7,9-10H,6,8,15H2,1-3H3. The van der Waals surface area contributed by atoms with Gasteiger partial charge in [-0.15, -0.1) is 0 Å². The molecule has 0 aliphatic rings. The summed E-state index contributed by atoms with van der Waals surface area (Å²) in [5.74, 6) is 1.78. The number of anilines is 1. The molecule has 0 aliphatic heterocycles. The molecule has 0 bridgehead atoms. The van der Waals surface area contributed by atoms with Gasteiger partial charge < -0.3 is 5.73 Å². The number of hydrogen-bond donors (Lipinski definition) is 1. The van der Waals surface area contributed by atoms with Crippen molar-refractivity contribution in [2.24, 2.45) is 11.8 Å². The molecule has 0 aromatic heterocycles. The van der Waals surface area contributed by atoms with Crippen molar-refractivity contribution in [1.29, 1.82) is 0 Å². The number of nitrogens with two attached hydrogens (primary N) is 1. The molecule has 1 aromatic carbocycles. The van der Waals surface area contributed by atoms with E-state index in [9.17, 15) is 4.21 Å². The van der Waals surface area contributed by atoms with E-state index in [4.69, 9.17) is 5.73 Å². The second kappa shape index (κ2) is 6.55. The predicted molar refractivity (Wildman–Crippen MR) is 78.4 cm³/mol. The number of benzene rings is 1. The summed E-state index contributed by atoms with van der Waals surface area (Å²) in [5.41, 5.74) is 6.48. The second-order valence-electron chi connectivity index (χ2n) is 4.93. The highest BCUT2D eigenvalue weighted by Gasteiger charge is 2.13. The first-order valence-corrected chi connectivity index (χ1v) is 7.94. The molecule has 0 saturated carbocycles. The maximum absolute atomic E-state index is 12.2. The van der Waals surface area contributed by atoms with Gasteiger partial charge in [0.25, 0.3) is 0 Å². The number of rotatable bonds is 5. The SMILES string of the molecule is CC(C)CC(C)CS(=O)c1ccc(Br)cc1N. The highest BCUT2D eigenvalue weighted by Crippen LogP contribution is 2.23. The van der Waals surface area contributed by atoms with Crippen LogP contribution >= 0.6 is 15.9 Å². The van der Waals surface area contributed by atoms with Crippen LogP contribution in [0, 0.1) is 11.8 Å². The fraction of sp³-hybridized carbons (Fsp3) is 0.538. The molecule has 0 saturated heterocycles. The van der Waals surface area contributed by atoms with Crippen LogP contribution in [0.3, 0.4) is 0 Å². The van der Waals surface area contributed by atoms with Crippen LogP contribution in [-0.4, -0.2) is 9.96 Å². The molecule has 2 nitrogen and oxygen atoms in total. The molecule has 1 rings (SSSR count). The lowest BCUT2D eigenvalue weighted by molar-refractivity contribution is 0.471. The van der Waals surface area contributed by atoms with Gasteiger partial charge in [-0.25, -0.2) is 0 Å². The minimum Gasteiger partial charge on any atom is -0.398 e. The second-order valence-corrected chi connectivity index (χ2v) is 7.31. The van der Waals surface area contributed by atoms with Crippen LogP contribution in [0.2, 0.25) is 0 Å². The van der Waals surface area contributed by atoms with Gasteiger partial charge in [0.1, 0.15) is 0 Å². The molecule has 1 aromatic rings. The van der Waals surface area contributed by atoms with Gasteiger partial charge in [-0.3, -0.25) is 4.21 Å². The quantitative estimate of drug-likeness (QED) is 0.839. The van der Waals surface area contributed by atoms with Crippen LogP contribution in [0.5, 0.6) is 0 Å². The Morgan fingerprint density at radius 1 is 1.35 bits per heavy atom. The van der Waals surface area contributed by atoms with Crippen molar-refractivity contribution in [1.82, 2.24) is 0 Å². The molecule has 0 spiro atoms. The molecule has 4 heteroatoms. The first kappa shape index (κ1) is 14.7. The van der Waals surface area contributed by atoms with E-state index in [0.29, 0.717) is 23.3 Å². The summed E-state index contributed by atoms with van der Waals surface area (Å²) >= 11 is 3.35. The molecular formula is C13H20BrNOS. The summed E-state index contributed by atoms with van der Waals surface area (Å²) in [6, 6.07) is 5.54. The molecule has 0 amide bonds. The average molecular weight is 318 g/mol. The Kier molecular flexibility index (Phi) is 5.67. The molecule has 2 unspecified atom stereocenters. The Balaban J connectivity index is 2.70. The van der Waals surface area contributed by atoms with E-state index in [1.54, 1.807) is 6.07 Å². The third-order valence-electron chi connectivity index (χ3n) is 2.53. The predicted octanol–water partition coefficient (Wildman–Crippen LogP) is 3.82. The van der Waals surface area contributed by atoms with Crippen molar-refractivity contribution >= 4 is 32.4 Å². The Hall–Kier alpha value is -0.350. The Morgan fingerprint density at radius 3 is 2.53 bits per heavy atom. The minimum absolute atomic E-state index is 0.457. The van der Waals surface area contributed by atoms with Crippen LogP contribution < -0.4 is 5.73 Å². The van der Waals surface area contributed by atoms with Gasteiger partial charge >= 0.3 is 0 Å². The molecule has 0 fully saturated rings. The van der Waals surface area contributed by atoms with Crippen LogP contribution in [-0.2, 0) is 10.8 Å². The van der Waals surface area contributed by atoms with Crippen LogP contribution in [0.15, 0.2) is 27.6 Å². The lowest BCUT2D eigenvalue weighted by Crippen LogP contribution is -2.11. The van der Waals surface area contributed by atoms with Crippen molar-refractivity contribution in [3.8, 4) is 0 Å². The maximum Gasteiger partial charge on any atom is 0.0618 e. The summed E-state index contributed by atoms with van der Waals surface area (Å²) < 4.78 is 13.1. The third-order valence-corrected chi connectivity index (χ3v) is 4.75. The lowest BCUT2D eigenvalue weighted by atomic mass is 10.0. The monoisotopic (exact) mass is 317 g/mol. The average Bonchev–Trinajstić information content (AvgIpc) is 2.15. The molecular weight excluding hydrogens is 298 g/mol. The Bertz CT molecular complexity index is 406. The highest BCUT2D eigenvalue weighted by atomic mass is 79.9. The highest BCUT2D eigenvalue weighted by molar-refractivity contribution is 9.10. The van der Waals surface area contributed by atoms with Crippen molar-refractivity contribution in [3.63, 3.8) is 0 Å². The first-order valence-electron chi connectivity index (χ1n) is 5.83. The fourth-order valence-corrected chi connectivity index (χ4v) is 3.70. The largest absolute Gasteiger partial charge is 0.398 e. The third kappa shape index (κ3) is 4.80. The maximum atomic E-state index is 12.2. The van der Waals surface area contributed by atoms with Crippen LogP contribution in [0.25, 0.3) is 0 Å². The van der Waals surface area contributed by atoms with E-state index in [2.05, 4.69) is 36.7 Å². The Morgan fingerprint density at radius 2 is 2.00 bits per heavy atom. The van der Waals surface area contributed by atoms with E-state index < -0.39 is 10.8 Å². The molecule has 96 valence electrons. The van der Waals surface area contributed by atoms with Gasteiger partial charge in [0.05, 0.1) is 15.7 Å². The van der Waals surface area contributed by atoms with E-state index in [1.807, 2.05) is 12.1 Å². The first-order chi connectivity index (χ1) is 7.90. The van der Waals surface area contributed by atoms with Gasteiger partial charge in [-0.2, -0.15) is 0 Å². The van der Waals surface area contributed by atoms with Crippen molar-refractivity contribution in [2.45, 2.75) is 32.1 Å². The van der Waals surface area contributed by atoms with E-state index in [0.717, 1.165) is 15.8 Å². The topological polar surface area (TPSA) is 43.1 Å². The van der Waals surface area contributed by atoms with Crippen LogP contribution in [0.1, 0.15) is 27.2 Å². The molecule has 2 atom stereocenters. The van der Waals surface area contributed by atoms with Crippen molar-refractivity contribution in [2.75, 3.05) is 11.5 Å². The zero-order valence-corrected chi connectivity index (χ0v) is 13.0. The van der Waals surface area contributed by atoms with Crippen molar-refractivity contribution < 1.29 is 4.21 Å². The number of nitrogen functional groups attached to an aromatic ring is 1. The minimum atomic E-state index is -0.996. The summed E-state index contributed by atoms with van der Waals surface area (Å²) in [5, 5.41) is 0. The summed E-state index contributed by atoms with van der Waals surface area (Å²) in [6.45, 7) is 6.52.